The van der Waals surface area contributed by atoms with Crippen LogP contribution in [0.3, 0.4) is 0 Å². The molecule has 9 heteroatoms. The van der Waals surface area contributed by atoms with E-state index in [1.165, 1.54) is 12.1 Å². The minimum absolute atomic E-state index is 0.0573. The monoisotopic (exact) mass is 416 g/mol. The number of primary sulfonamides is 1. The number of aromatic nitrogens is 2. The van der Waals surface area contributed by atoms with Gasteiger partial charge < -0.3 is 9.30 Å². The van der Waals surface area contributed by atoms with Gasteiger partial charge >= 0.3 is 0 Å². The van der Waals surface area contributed by atoms with Gasteiger partial charge in [0.2, 0.25) is 10.0 Å². The topological polar surface area (TPSA) is 111 Å². The molecule has 0 radical (unpaired) electrons. The summed E-state index contributed by atoms with van der Waals surface area (Å²) in [6.07, 6.45) is 0.928. The molecule has 28 heavy (non-hydrogen) atoms. The smallest absolute Gasteiger partial charge is 0.238 e. The zero-order valence-corrected chi connectivity index (χ0v) is 17.0. The van der Waals surface area contributed by atoms with E-state index >= 15 is 0 Å². The minimum Gasteiger partial charge on any atom is -0.493 e. The molecular formula is C19H20N4O3S2. The van der Waals surface area contributed by atoms with Gasteiger partial charge in [-0.25, -0.2) is 18.5 Å². The van der Waals surface area contributed by atoms with Crippen molar-refractivity contribution < 1.29 is 13.2 Å². The first-order valence-corrected chi connectivity index (χ1v) is 11.2. The standard InChI is InChI=1S/C19H20N4O3S2/c1-2-9-23-18-8-7-16(28(21,24)25)12-17(18)22-19(23)27-11-10-26-15-5-3-14(13-20)4-6-15/h3-8,12H,2,9-11H2,1H3,(H2,21,24,25). The van der Waals surface area contributed by atoms with Crippen molar-refractivity contribution in [2.45, 2.75) is 29.9 Å². The third-order valence-corrected chi connectivity index (χ3v) is 5.88. The first-order chi connectivity index (χ1) is 13.4. The second-order valence-electron chi connectivity index (χ2n) is 6.07. The predicted molar refractivity (Wildman–Crippen MR) is 109 cm³/mol. The Morgan fingerprint density at radius 3 is 2.64 bits per heavy atom. The third-order valence-electron chi connectivity index (χ3n) is 4.03. The number of sulfonamides is 1. The number of nitrogens with zero attached hydrogens (tertiary/aromatic N) is 3. The molecule has 1 heterocycles. The highest BCUT2D eigenvalue weighted by Gasteiger charge is 2.15. The van der Waals surface area contributed by atoms with Crippen LogP contribution in [0.25, 0.3) is 11.0 Å². The highest BCUT2D eigenvalue weighted by Crippen LogP contribution is 2.26. The molecule has 2 aromatic carbocycles. The van der Waals surface area contributed by atoms with Crippen molar-refractivity contribution in [2.24, 2.45) is 5.14 Å². The highest BCUT2D eigenvalue weighted by atomic mass is 32.2. The van der Waals surface area contributed by atoms with E-state index in [1.54, 1.807) is 42.1 Å². The summed E-state index contributed by atoms with van der Waals surface area (Å²) in [5.41, 5.74) is 2.08. The summed E-state index contributed by atoms with van der Waals surface area (Å²) < 4.78 is 30.9. The molecule has 3 aromatic rings. The van der Waals surface area contributed by atoms with Gasteiger partial charge in [-0.05, 0) is 48.9 Å². The Balaban J connectivity index is 1.72. The molecule has 2 N–H and O–H groups in total. The quantitative estimate of drug-likeness (QED) is 0.446. The number of nitrogens with two attached hydrogens (primary N) is 1. The molecule has 0 aliphatic carbocycles. The summed E-state index contributed by atoms with van der Waals surface area (Å²) in [6, 6.07) is 13.8. The first kappa shape index (κ1) is 20.2. The van der Waals surface area contributed by atoms with Crippen LogP contribution in [0.15, 0.2) is 52.5 Å². The Kier molecular flexibility index (Phi) is 6.24. The number of imidazole rings is 1. The molecule has 0 unspecified atom stereocenters. The van der Waals surface area contributed by atoms with E-state index in [0.717, 1.165) is 23.6 Å². The van der Waals surface area contributed by atoms with Crippen molar-refractivity contribution in [3.63, 3.8) is 0 Å². The maximum absolute atomic E-state index is 11.6. The molecule has 0 aliphatic heterocycles. The van der Waals surface area contributed by atoms with Gasteiger partial charge in [-0.2, -0.15) is 5.26 Å². The van der Waals surface area contributed by atoms with E-state index < -0.39 is 10.0 Å². The summed E-state index contributed by atoms with van der Waals surface area (Å²) in [6.45, 7) is 3.34. The van der Waals surface area contributed by atoms with Crippen molar-refractivity contribution in [3.05, 3.63) is 48.0 Å². The maximum atomic E-state index is 11.6. The van der Waals surface area contributed by atoms with Gasteiger partial charge in [-0.3, -0.25) is 0 Å². The molecule has 0 atom stereocenters. The average molecular weight is 417 g/mol. The molecule has 1 aromatic heterocycles. The number of ether oxygens (including phenoxy) is 1. The lowest BCUT2D eigenvalue weighted by Gasteiger charge is -2.08. The molecule has 7 nitrogen and oxygen atoms in total. The van der Waals surface area contributed by atoms with Crippen molar-refractivity contribution in [3.8, 4) is 11.8 Å². The van der Waals surface area contributed by atoms with Crippen molar-refractivity contribution in [2.75, 3.05) is 12.4 Å². The third kappa shape index (κ3) is 4.65. The number of hydrogen-bond donors (Lipinski definition) is 1. The fourth-order valence-electron chi connectivity index (χ4n) is 2.73. The molecule has 0 saturated heterocycles. The molecule has 146 valence electrons. The van der Waals surface area contributed by atoms with E-state index in [9.17, 15) is 8.42 Å². The summed E-state index contributed by atoms with van der Waals surface area (Å²) in [7, 11) is -3.76. The van der Waals surface area contributed by atoms with Crippen LogP contribution < -0.4 is 9.88 Å². The molecule has 0 fully saturated rings. The fourth-order valence-corrected chi connectivity index (χ4v) is 4.12. The second kappa shape index (κ2) is 8.65. The molecule has 0 bridgehead atoms. The van der Waals surface area contributed by atoms with Gasteiger partial charge in [0, 0.05) is 12.3 Å². The Bertz CT molecular complexity index is 1120. The van der Waals surface area contributed by atoms with Gasteiger partial charge in [-0.1, -0.05) is 18.7 Å². The molecule has 0 aliphatic rings. The molecule has 3 rings (SSSR count). The lowest BCUT2D eigenvalue weighted by Crippen LogP contribution is -2.11. The van der Waals surface area contributed by atoms with Gasteiger partial charge in [0.15, 0.2) is 5.16 Å². The van der Waals surface area contributed by atoms with Crippen LogP contribution in [0.4, 0.5) is 0 Å². The van der Waals surface area contributed by atoms with Gasteiger partial charge in [0.05, 0.1) is 34.2 Å². The Hall–Kier alpha value is -2.54. The number of thioether (sulfide) groups is 1. The van der Waals surface area contributed by atoms with Crippen LogP contribution in [0.2, 0.25) is 0 Å². The second-order valence-corrected chi connectivity index (χ2v) is 8.70. The first-order valence-electron chi connectivity index (χ1n) is 8.71. The van der Waals surface area contributed by atoms with E-state index in [2.05, 4.69) is 22.5 Å². The Labute approximate surface area is 168 Å². The lowest BCUT2D eigenvalue weighted by molar-refractivity contribution is 0.344. The van der Waals surface area contributed by atoms with Crippen molar-refractivity contribution in [1.82, 2.24) is 9.55 Å². The van der Waals surface area contributed by atoms with Gasteiger partial charge in [0.1, 0.15) is 5.75 Å². The van der Waals surface area contributed by atoms with Gasteiger partial charge in [0.25, 0.3) is 0 Å². The number of aryl methyl sites for hydroxylation is 1. The average Bonchev–Trinajstić information content (AvgIpc) is 3.02. The highest BCUT2D eigenvalue weighted by molar-refractivity contribution is 7.99. The summed E-state index contributed by atoms with van der Waals surface area (Å²) in [5.74, 6) is 1.38. The molecule has 0 saturated carbocycles. The van der Waals surface area contributed by atoms with Crippen LogP contribution in [-0.4, -0.2) is 30.3 Å². The summed E-state index contributed by atoms with van der Waals surface area (Å²) in [5, 5.41) is 14.8. The number of hydrogen-bond acceptors (Lipinski definition) is 6. The Morgan fingerprint density at radius 2 is 2.00 bits per heavy atom. The normalized spacial score (nSPS) is 11.5. The zero-order valence-electron chi connectivity index (χ0n) is 15.3. The molecule has 0 spiro atoms. The van der Waals surface area contributed by atoms with Crippen LogP contribution >= 0.6 is 11.8 Å². The van der Waals surface area contributed by atoms with Crippen LogP contribution in [-0.2, 0) is 16.6 Å². The number of rotatable bonds is 8. The zero-order chi connectivity index (χ0) is 20.1. The summed E-state index contributed by atoms with van der Waals surface area (Å²) >= 11 is 1.55. The number of fused-ring (bicyclic) bond motifs is 1. The maximum Gasteiger partial charge on any atom is 0.238 e. The van der Waals surface area contributed by atoms with Crippen molar-refractivity contribution >= 4 is 32.8 Å². The lowest BCUT2D eigenvalue weighted by atomic mass is 10.2. The van der Waals surface area contributed by atoms with E-state index in [4.69, 9.17) is 15.1 Å². The largest absolute Gasteiger partial charge is 0.493 e. The van der Waals surface area contributed by atoms with E-state index in [-0.39, 0.29) is 4.90 Å². The van der Waals surface area contributed by atoms with E-state index in [0.29, 0.717) is 29.2 Å². The van der Waals surface area contributed by atoms with Crippen LogP contribution in [0.5, 0.6) is 5.75 Å². The minimum atomic E-state index is -3.76. The Morgan fingerprint density at radius 1 is 1.25 bits per heavy atom. The SMILES string of the molecule is CCCn1c(SCCOc2ccc(C#N)cc2)nc2cc(S(N)(=O)=O)ccc21. The van der Waals surface area contributed by atoms with Gasteiger partial charge in [-0.15, -0.1) is 0 Å². The predicted octanol–water partition coefficient (Wildman–Crippen LogP) is 3.14. The number of nitriles is 1. The number of benzene rings is 2. The summed E-state index contributed by atoms with van der Waals surface area (Å²) in [4.78, 5) is 4.64. The van der Waals surface area contributed by atoms with Crippen molar-refractivity contribution in [1.29, 1.82) is 5.26 Å². The van der Waals surface area contributed by atoms with Crippen LogP contribution in [0, 0.1) is 11.3 Å². The fraction of sp³-hybridized carbons (Fsp3) is 0.263. The molecular weight excluding hydrogens is 396 g/mol. The van der Waals surface area contributed by atoms with E-state index in [1.807, 2.05) is 0 Å². The molecule has 0 amide bonds. The van der Waals surface area contributed by atoms with Crippen LogP contribution in [0.1, 0.15) is 18.9 Å².